The quantitative estimate of drug-likeness (QED) is 0.862. The van der Waals surface area contributed by atoms with Crippen LogP contribution in [0.2, 0.25) is 0 Å². The lowest BCUT2D eigenvalue weighted by Gasteiger charge is -2.23. The van der Waals surface area contributed by atoms with Gasteiger partial charge in [0.1, 0.15) is 5.75 Å². The Bertz CT molecular complexity index is 405. The molecular formula is C17H24O3. The molecular weight excluding hydrogens is 252 g/mol. The van der Waals surface area contributed by atoms with Crippen LogP contribution in [0.15, 0.2) is 24.3 Å². The molecule has 1 N–H and O–H groups in total. The predicted molar refractivity (Wildman–Crippen MR) is 77.9 cm³/mol. The fourth-order valence-electron chi connectivity index (χ4n) is 2.69. The maximum absolute atomic E-state index is 10.2. The van der Waals surface area contributed by atoms with Crippen LogP contribution in [0, 0.1) is 0 Å². The van der Waals surface area contributed by atoms with Gasteiger partial charge in [-0.3, -0.25) is 0 Å². The molecule has 110 valence electrons. The molecule has 3 rings (SSSR count). The first-order valence-electron chi connectivity index (χ1n) is 7.87. The fraction of sp³-hybridized carbons (Fsp3) is 0.647. The minimum absolute atomic E-state index is 0.343. The highest BCUT2D eigenvalue weighted by Crippen LogP contribution is 2.29. The van der Waals surface area contributed by atoms with Crippen LogP contribution >= 0.6 is 0 Å². The van der Waals surface area contributed by atoms with E-state index in [1.165, 1.54) is 25.7 Å². The van der Waals surface area contributed by atoms with Crippen molar-refractivity contribution in [3.8, 4) is 5.75 Å². The third kappa shape index (κ3) is 3.97. The molecule has 3 nitrogen and oxygen atoms in total. The SMILES string of the molecule is OC(CCC1CCCCO1)c1ccc(OC2CC2)cc1. The number of hydrogen-bond donors (Lipinski definition) is 1. The molecule has 0 spiro atoms. The number of ether oxygens (including phenoxy) is 2. The fourth-order valence-corrected chi connectivity index (χ4v) is 2.69. The molecule has 2 unspecified atom stereocenters. The molecule has 3 heteroatoms. The van der Waals surface area contributed by atoms with Gasteiger partial charge in [-0.1, -0.05) is 12.1 Å². The molecule has 1 aliphatic carbocycles. The Kier molecular flexibility index (Phi) is 4.58. The zero-order chi connectivity index (χ0) is 13.8. The van der Waals surface area contributed by atoms with Gasteiger partial charge >= 0.3 is 0 Å². The summed E-state index contributed by atoms with van der Waals surface area (Å²) in [6, 6.07) is 7.89. The molecule has 1 aromatic carbocycles. The van der Waals surface area contributed by atoms with Crippen molar-refractivity contribution in [3.05, 3.63) is 29.8 Å². The normalized spacial score (nSPS) is 24.4. The zero-order valence-electron chi connectivity index (χ0n) is 12.0. The van der Waals surface area contributed by atoms with Crippen molar-refractivity contribution < 1.29 is 14.6 Å². The van der Waals surface area contributed by atoms with Crippen LogP contribution in [0.5, 0.6) is 5.75 Å². The first-order valence-corrected chi connectivity index (χ1v) is 7.87. The lowest BCUT2D eigenvalue weighted by atomic mass is 9.99. The molecule has 2 atom stereocenters. The second kappa shape index (κ2) is 6.59. The smallest absolute Gasteiger partial charge is 0.119 e. The van der Waals surface area contributed by atoms with E-state index in [0.717, 1.165) is 37.2 Å². The molecule has 0 amide bonds. The molecule has 1 aromatic rings. The maximum atomic E-state index is 10.2. The maximum Gasteiger partial charge on any atom is 0.119 e. The monoisotopic (exact) mass is 276 g/mol. The summed E-state index contributed by atoms with van der Waals surface area (Å²) in [4.78, 5) is 0. The highest BCUT2D eigenvalue weighted by Gasteiger charge is 2.23. The van der Waals surface area contributed by atoms with Crippen LogP contribution < -0.4 is 4.74 Å². The Morgan fingerprint density at radius 3 is 2.60 bits per heavy atom. The standard InChI is InChI=1S/C17H24O3/c18-17(11-10-14-3-1-2-12-19-14)13-4-6-15(7-5-13)20-16-8-9-16/h4-7,14,16-18H,1-3,8-12H2. The molecule has 1 heterocycles. The second-order valence-corrected chi connectivity index (χ2v) is 5.97. The summed E-state index contributed by atoms with van der Waals surface area (Å²) in [6.07, 6.45) is 8.02. The topological polar surface area (TPSA) is 38.7 Å². The van der Waals surface area contributed by atoms with Gasteiger partial charge in [-0.2, -0.15) is 0 Å². The summed E-state index contributed by atoms with van der Waals surface area (Å²) in [5.41, 5.74) is 0.976. The van der Waals surface area contributed by atoms with Crippen LogP contribution in [0.1, 0.15) is 56.6 Å². The van der Waals surface area contributed by atoms with E-state index in [-0.39, 0.29) is 0 Å². The van der Waals surface area contributed by atoms with Crippen molar-refractivity contribution in [1.29, 1.82) is 0 Å². The van der Waals surface area contributed by atoms with Crippen molar-refractivity contribution in [2.75, 3.05) is 6.61 Å². The van der Waals surface area contributed by atoms with Crippen molar-refractivity contribution in [2.45, 2.75) is 63.3 Å². The minimum Gasteiger partial charge on any atom is -0.490 e. The summed E-state index contributed by atoms with van der Waals surface area (Å²) >= 11 is 0. The van der Waals surface area contributed by atoms with E-state index in [9.17, 15) is 5.11 Å². The van der Waals surface area contributed by atoms with Crippen molar-refractivity contribution >= 4 is 0 Å². The average Bonchev–Trinajstić information content (AvgIpc) is 3.31. The highest BCUT2D eigenvalue weighted by molar-refractivity contribution is 5.29. The second-order valence-electron chi connectivity index (χ2n) is 5.97. The van der Waals surface area contributed by atoms with Crippen molar-refractivity contribution in [1.82, 2.24) is 0 Å². The largest absolute Gasteiger partial charge is 0.490 e. The number of benzene rings is 1. The van der Waals surface area contributed by atoms with Crippen LogP contribution in [-0.2, 0) is 4.74 Å². The predicted octanol–water partition coefficient (Wildman–Crippen LogP) is 3.61. The Morgan fingerprint density at radius 2 is 1.95 bits per heavy atom. The Hall–Kier alpha value is -1.06. The van der Waals surface area contributed by atoms with Gasteiger partial charge in [-0.05, 0) is 62.6 Å². The molecule has 0 bridgehead atoms. The van der Waals surface area contributed by atoms with Crippen LogP contribution in [0.3, 0.4) is 0 Å². The molecule has 2 aliphatic rings. The van der Waals surface area contributed by atoms with Crippen LogP contribution in [0.4, 0.5) is 0 Å². The van der Waals surface area contributed by atoms with Gasteiger partial charge in [-0.15, -0.1) is 0 Å². The zero-order valence-corrected chi connectivity index (χ0v) is 12.0. The molecule has 1 aliphatic heterocycles. The van der Waals surface area contributed by atoms with Gasteiger partial charge < -0.3 is 14.6 Å². The van der Waals surface area contributed by atoms with E-state index >= 15 is 0 Å². The van der Waals surface area contributed by atoms with E-state index < -0.39 is 6.10 Å². The summed E-state index contributed by atoms with van der Waals surface area (Å²) in [6.45, 7) is 0.883. The Morgan fingerprint density at radius 1 is 1.15 bits per heavy atom. The first kappa shape index (κ1) is 13.9. The van der Waals surface area contributed by atoms with Gasteiger partial charge in [0.05, 0.1) is 18.3 Å². The molecule has 2 fully saturated rings. The van der Waals surface area contributed by atoms with Crippen LogP contribution in [-0.4, -0.2) is 23.9 Å². The van der Waals surface area contributed by atoms with E-state index in [4.69, 9.17) is 9.47 Å². The van der Waals surface area contributed by atoms with Crippen LogP contribution in [0.25, 0.3) is 0 Å². The van der Waals surface area contributed by atoms with Crippen molar-refractivity contribution in [2.24, 2.45) is 0 Å². The summed E-state index contributed by atoms with van der Waals surface area (Å²) in [5.74, 6) is 0.916. The third-order valence-electron chi connectivity index (χ3n) is 4.13. The number of aliphatic hydroxyl groups is 1. The number of hydrogen-bond acceptors (Lipinski definition) is 3. The lowest BCUT2D eigenvalue weighted by molar-refractivity contribution is 0.00213. The highest BCUT2D eigenvalue weighted by atomic mass is 16.5. The Labute approximate surface area is 120 Å². The first-order chi connectivity index (χ1) is 9.81. The molecule has 0 aromatic heterocycles. The van der Waals surface area contributed by atoms with E-state index in [0.29, 0.717) is 12.2 Å². The van der Waals surface area contributed by atoms with Gasteiger partial charge in [0.25, 0.3) is 0 Å². The van der Waals surface area contributed by atoms with Gasteiger partial charge in [-0.25, -0.2) is 0 Å². The summed E-state index contributed by atoms with van der Waals surface area (Å²) < 4.78 is 11.4. The lowest BCUT2D eigenvalue weighted by Crippen LogP contribution is -2.19. The molecule has 1 saturated heterocycles. The molecule has 0 radical (unpaired) electrons. The number of aliphatic hydroxyl groups excluding tert-OH is 1. The van der Waals surface area contributed by atoms with Gasteiger partial charge in [0.15, 0.2) is 0 Å². The Balaban J connectivity index is 1.46. The third-order valence-corrected chi connectivity index (χ3v) is 4.13. The van der Waals surface area contributed by atoms with Crippen molar-refractivity contribution in [3.63, 3.8) is 0 Å². The number of rotatable bonds is 6. The van der Waals surface area contributed by atoms with Gasteiger partial charge in [0, 0.05) is 6.61 Å². The van der Waals surface area contributed by atoms with Gasteiger partial charge in [0.2, 0.25) is 0 Å². The summed E-state index contributed by atoms with van der Waals surface area (Å²) in [5, 5.41) is 10.2. The van der Waals surface area contributed by atoms with E-state index in [1.54, 1.807) is 0 Å². The summed E-state index contributed by atoms with van der Waals surface area (Å²) in [7, 11) is 0. The average molecular weight is 276 g/mol. The molecule has 20 heavy (non-hydrogen) atoms. The van der Waals surface area contributed by atoms with E-state index in [1.807, 2.05) is 24.3 Å². The minimum atomic E-state index is -0.393. The molecule has 1 saturated carbocycles. The van der Waals surface area contributed by atoms with E-state index in [2.05, 4.69) is 0 Å².